The van der Waals surface area contributed by atoms with Crippen molar-refractivity contribution in [3.05, 3.63) is 29.8 Å². The first-order valence-electron chi connectivity index (χ1n) is 9.59. The second kappa shape index (κ2) is 8.54. The van der Waals surface area contributed by atoms with Crippen molar-refractivity contribution in [1.29, 1.82) is 0 Å². The van der Waals surface area contributed by atoms with Gasteiger partial charge in [0.15, 0.2) is 6.61 Å². The van der Waals surface area contributed by atoms with Crippen molar-refractivity contribution >= 4 is 11.8 Å². The van der Waals surface area contributed by atoms with E-state index in [4.69, 9.17) is 10.5 Å². The Bertz CT molecular complexity index is 635. The van der Waals surface area contributed by atoms with Crippen LogP contribution < -0.4 is 10.5 Å². The summed E-state index contributed by atoms with van der Waals surface area (Å²) in [6.45, 7) is 6.20. The third kappa shape index (κ3) is 4.55. The minimum Gasteiger partial charge on any atom is -0.484 e. The second-order valence-electron chi connectivity index (χ2n) is 7.40. The molecule has 6 nitrogen and oxygen atoms in total. The zero-order valence-corrected chi connectivity index (χ0v) is 15.5. The average Bonchev–Trinajstić information content (AvgIpc) is 3.20. The lowest BCUT2D eigenvalue weighted by molar-refractivity contribution is -0.119. The second-order valence-corrected chi connectivity index (χ2v) is 7.40. The van der Waals surface area contributed by atoms with Crippen LogP contribution in [0.25, 0.3) is 0 Å². The van der Waals surface area contributed by atoms with Crippen LogP contribution in [0.15, 0.2) is 24.3 Å². The molecular formula is C20H29N3O3. The molecule has 1 aromatic carbocycles. The van der Waals surface area contributed by atoms with Crippen molar-refractivity contribution in [1.82, 2.24) is 9.80 Å². The number of hydrogen-bond acceptors (Lipinski definition) is 4. The zero-order valence-electron chi connectivity index (χ0n) is 15.5. The lowest BCUT2D eigenvalue weighted by atomic mass is 9.89. The van der Waals surface area contributed by atoms with Crippen molar-refractivity contribution in [2.24, 2.45) is 11.7 Å². The van der Waals surface area contributed by atoms with Crippen LogP contribution in [0.2, 0.25) is 0 Å². The summed E-state index contributed by atoms with van der Waals surface area (Å²) >= 11 is 0. The minimum absolute atomic E-state index is 0.0294. The van der Waals surface area contributed by atoms with Crippen molar-refractivity contribution in [2.45, 2.75) is 38.6 Å². The number of hydrogen-bond donors (Lipinski definition) is 1. The molecule has 2 amide bonds. The van der Waals surface area contributed by atoms with Gasteiger partial charge in [-0.3, -0.25) is 9.59 Å². The van der Waals surface area contributed by atoms with E-state index in [1.54, 1.807) is 24.3 Å². The Kier molecular flexibility index (Phi) is 6.14. The maximum atomic E-state index is 12.8. The Labute approximate surface area is 155 Å². The Balaban J connectivity index is 1.54. The highest BCUT2D eigenvalue weighted by molar-refractivity contribution is 5.94. The fourth-order valence-electron chi connectivity index (χ4n) is 4.09. The highest BCUT2D eigenvalue weighted by Gasteiger charge is 2.30. The summed E-state index contributed by atoms with van der Waals surface area (Å²) < 4.78 is 5.30. The Morgan fingerprint density at radius 1 is 1.19 bits per heavy atom. The number of primary amides is 1. The SMILES string of the molecule is CC(C1CCN(C(=O)c2cccc(OCC(N)=O)c2)CC1)N1CCCC1. The molecule has 2 N–H and O–H groups in total. The number of amides is 2. The van der Waals surface area contributed by atoms with Crippen molar-refractivity contribution in [2.75, 3.05) is 32.8 Å². The quantitative estimate of drug-likeness (QED) is 0.841. The molecule has 2 heterocycles. The van der Waals surface area contributed by atoms with Gasteiger partial charge in [0.2, 0.25) is 0 Å². The molecule has 2 aliphatic rings. The minimum atomic E-state index is -0.532. The summed E-state index contributed by atoms with van der Waals surface area (Å²) in [5.41, 5.74) is 5.69. The maximum absolute atomic E-state index is 12.8. The lowest BCUT2D eigenvalue weighted by Crippen LogP contribution is -2.45. The van der Waals surface area contributed by atoms with Crippen LogP contribution in [0.3, 0.4) is 0 Å². The molecule has 1 atom stereocenters. The topological polar surface area (TPSA) is 75.9 Å². The average molecular weight is 359 g/mol. The third-order valence-electron chi connectivity index (χ3n) is 5.69. The predicted molar refractivity (Wildman–Crippen MR) is 100 cm³/mol. The van der Waals surface area contributed by atoms with E-state index in [9.17, 15) is 9.59 Å². The molecule has 2 fully saturated rings. The molecule has 0 aliphatic carbocycles. The Hall–Kier alpha value is -2.08. The summed E-state index contributed by atoms with van der Waals surface area (Å²) in [6, 6.07) is 7.58. The highest BCUT2D eigenvalue weighted by atomic mass is 16.5. The molecule has 1 unspecified atom stereocenters. The smallest absolute Gasteiger partial charge is 0.255 e. The fourth-order valence-corrected chi connectivity index (χ4v) is 4.09. The van der Waals surface area contributed by atoms with Gasteiger partial charge in [-0.2, -0.15) is 0 Å². The molecule has 2 aliphatic heterocycles. The number of ether oxygens (including phenoxy) is 1. The number of nitrogens with two attached hydrogens (primary N) is 1. The molecule has 3 rings (SSSR count). The predicted octanol–water partition coefficient (Wildman–Crippen LogP) is 1.89. The normalized spacial score (nSPS) is 20.1. The van der Waals surface area contributed by atoms with E-state index in [1.165, 1.54) is 25.9 Å². The Morgan fingerprint density at radius 2 is 1.88 bits per heavy atom. The van der Waals surface area contributed by atoms with Crippen LogP contribution in [0.5, 0.6) is 5.75 Å². The van der Waals surface area contributed by atoms with Crippen molar-refractivity contribution in [3.63, 3.8) is 0 Å². The van der Waals surface area contributed by atoms with Gasteiger partial charge in [0.1, 0.15) is 5.75 Å². The van der Waals surface area contributed by atoms with E-state index in [-0.39, 0.29) is 12.5 Å². The summed E-state index contributed by atoms with van der Waals surface area (Å²) in [5, 5.41) is 0. The van der Waals surface area contributed by atoms with Gasteiger partial charge in [-0.1, -0.05) is 6.07 Å². The monoisotopic (exact) mass is 359 g/mol. The van der Waals surface area contributed by atoms with Crippen molar-refractivity contribution < 1.29 is 14.3 Å². The molecule has 0 radical (unpaired) electrons. The van der Waals surface area contributed by atoms with Crippen LogP contribution >= 0.6 is 0 Å². The molecule has 0 saturated carbocycles. The first kappa shape index (κ1) is 18.7. The van der Waals surface area contributed by atoms with Gasteiger partial charge in [0.05, 0.1) is 0 Å². The molecule has 6 heteroatoms. The van der Waals surface area contributed by atoms with E-state index in [1.807, 2.05) is 4.90 Å². The van der Waals surface area contributed by atoms with E-state index < -0.39 is 5.91 Å². The van der Waals surface area contributed by atoms with Crippen LogP contribution in [0.1, 0.15) is 43.0 Å². The summed E-state index contributed by atoms with van der Waals surface area (Å²) in [5.74, 6) is 0.660. The lowest BCUT2D eigenvalue weighted by Gasteiger charge is -2.38. The summed E-state index contributed by atoms with van der Waals surface area (Å²) in [6.07, 6.45) is 4.74. The number of carbonyl (C=O) groups is 2. The number of nitrogens with zero attached hydrogens (tertiary/aromatic N) is 2. The van der Waals surface area contributed by atoms with E-state index in [2.05, 4.69) is 11.8 Å². The van der Waals surface area contributed by atoms with Gasteiger partial charge in [0, 0.05) is 24.7 Å². The molecule has 0 aromatic heterocycles. The molecule has 26 heavy (non-hydrogen) atoms. The maximum Gasteiger partial charge on any atom is 0.255 e. The van der Waals surface area contributed by atoms with Crippen LogP contribution in [0.4, 0.5) is 0 Å². The number of benzene rings is 1. The molecular weight excluding hydrogens is 330 g/mol. The van der Waals surface area contributed by atoms with E-state index in [0.717, 1.165) is 25.9 Å². The third-order valence-corrected chi connectivity index (χ3v) is 5.69. The number of piperidine rings is 1. The highest BCUT2D eigenvalue weighted by Crippen LogP contribution is 2.27. The Morgan fingerprint density at radius 3 is 2.54 bits per heavy atom. The summed E-state index contributed by atoms with van der Waals surface area (Å²) in [4.78, 5) is 28.2. The number of rotatable bonds is 6. The van der Waals surface area contributed by atoms with Gasteiger partial charge >= 0.3 is 0 Å². The van der Waals surface area contributed by atoms with Gasteiger partial charge < -0.3 is 20.3 Å². The first-order chi connectivity index (χ1) is 12.5. The van der Waals surface area contributed by atoms with Gasteiger partial charge in [-0.25, -0.2) is 0 Å². The molecule has 1 aromatic rings. The van der Waals surface area contributed by atoms with Crippen LogP contribution in [-0.2, 0) is 4.79 Å². The van der Waals surface area contributed by atoms with Crippen LogP contribution in [0, 0.1) is 5.92 Å². The molecule has 2 saturated heterocycles. The van der Waals surface area contributed by atoms with Gasteiger partial charge in [0.25, 0.3) is 11.8 Å². The largest absolute Gasteiger partial charge is 0.484 e. The standard InChI is InChI=1S/C20H29N3O3/c1-15(22-9-2-3-10-22)16-7-11-23(12-8-16)20(25)17-5-4-6-18(13-17)26-14-19(21)24/h4-6,13,15-16H,2-3,7-12,14H2,1H3,(H2,21,24). The number of carbonyl (C=O) groups excluding carboxylic acids is 2. The number of likely N-dealkylation sites (tertiary alicyclic amines) is 2. The molecule has 0 bridgehead atoms. The van der Waals surface area contributed by atoms with Gasteiger partial charge in [-0.15, -0.1) is 0 Å². The van der Waals surface area contributed by atoms with E-state index >= 15 is 0 Å². The van der Waals surface area contributed by atoms with Gasteiger partial charge in [-0.05, 0) is 69.8 Å². The summed E-state index contributed by atoms with van der Waals surface area (Å²) in [7, 11) is 0. The molecule has 142 valence electrons. The first-order valence-corrected chi connectivity index (χ1v) is 9.59. The molecule has 0 spiro atoms. The fraction of sp³-hybridized carbons (Fsp3) is 0.600. The van der Waals surface area contributed by atoms with E-state index in [0.29, 0.717) is 23.3 Å². The zero-order chi connectivity index (χ0) is 18.5. The van der Waals surface area contributed by atoms with Crippen LogP contribution in [-0.4, -0.2) is 60.4 Å². The van der Waals surface area contributed by atoms with Crippen molar-refractivity contribution in [3.8, 4) is 5.75 Å².